The number of ether oxygens (including phenoxy) is 1. The van der Waals surface area contributed by atoms with E-state index < -0.39 is 29.2 Å². The van der Waals surface area contributed by atoms with Crippen LogP contribution in [0.25, 0.3) is 6.08 Å². The zero-order chi connectivity index (χ0) is 20.3. The first-order valence-corrected chi connectivity index (χ1v) is 8.55. The summed E-state index contributed by atoms with van der Waals surface area (Å²) in [5.41, 5.74) is -0.576. The maximum absolute atomic E-state index is 13.1. The monoisotopic (exact) mass is 380 g/mol. The average molecular weight is 380 g/mol. The molecule has 7 nitrogen and oxygen atoms in total. The lowest BCUT2D eigenvalue weighted by molar-refractivity contribution is -0.113. The third-order valence-corrected chi connectivity index (χ3v) is 5.21. The van der Waals surface area contributed by atoms with E-state index in [-0.39, 0.29) is 56.9 Å². The van der Waals surface area contributed by atoms with Gasteiger partial charge in [-0.15, -0.1) is 0 Å². The number of aliphatic hydroxyl groups is 1. The summed E-state index contributed by atoms with van der Waals surface area (Å²) in [6.45, 7) is 1.32. The molecule has 0 amide bonds. The van der Waals surface area contributed by atoms with Gasteiger partial charge in [0.2, 0.25) is 5.78 Å². The lowest BCUT2D eigenvalue weighted by Gasteiger charge is -2.28. The predicted molar refractivity (Wildman–Crippen MR) is 97.9 cm³/mol. The fourth-order valence-corrected chi connectivity index (χ4v) is 3.86. The molecule has 2 aromatic rings. The van der Waals surface area contributed by atoms with Crippen molar-refractivity contribution >= 4 is 23.4 Å². The van der Waals surface area contributed by atoms with Crippen molar-refractivity contribution in [2.24, 2.45) is 0 Å². The number of phenolic OH excluding ortho intramolecular Hbond substituents is 2. The summed E-state index contributed by atoms with van der Waals surface area (Å²) in [6, 6.07) is 4.49. The summed E-state index contributed by atoms with van der Waals surface area (Å²) in [4.78, 5) is 37.9. The first-order chi connectivity index (χ1) is 13.3. The van der Waals surface area contributed by atoms with Crippen molar-refractivity contribution in [1.82, 2.24) is 0 Å². The number of Topliss-reactive ketones (excluding diaryl/α,β-unsaturated/α-hetero) is 1. The first-order valence-electron chi connectivity index (χ1n) is 8.55. The number of hydrogen-bond donors (Lipinski definition) is 3. The zero-order valence-corrected chi connectivity index (χ0v) is 15.1. The topological polar surface area (TPSA) is 121 Å². The van der Waals surface area contributed by atoms with Gasteiger partial charge in [-0.2, -0.15) is 0 Å². The van der Waals surface area contributed by atoms with Crippen LogP contribution in [0, 0.1) is 0 Å². The third kappa shape index (κ3) is 2.23. The molecule has 0 radical (unpaired) electrons. The number of fused-ring (bicyclic) bond motifs is 3. The number of hydrogen-bond acceptors (Lipinski definition) is 7. The highest BCUT2D eigenvalue weighted by atomic mass is 16.5. The van der Waals surface area contributed by atoms with E-state index in [0.29, 0.717) is 0 Å². The molecular formula is C21H16O7. The van der Waals surface area contributed by atoms with E-state index in [4.69, 9.17) is 4.74 Å². The molecule has 2 aliphatic rings. The molecule has 0 saturated heterocycles. The molecule has 0 aromatic heterocycles. The number of carbonyl (C=O) groups excluding carboxylic acids is 3. The third-order valence-electron chi connectivity index (χ3n) is 5.21. The molecule has 0 saturated carbocycles. The Hall–Kier alpha value is -3.45. The van der Waals surface area contributed by atoms with E-state index in [1.165, 1.54) is 32.2 Å². The maximum atomic E-state index is 13.1. The van der Waals surface area contributed by atoms with Crippen molar-refractivity contribution in [1.29, 1.82) is 0 Å². The SMILES string of the molecule is COc1cccc2c1C(=O)c1c(O)c3c(c(O)c1C2=O)C=C(C(C)=O)C[C@@H]3O. The molecule has 142 valence electrons. The second-order valence-corrected chi connectivity index (χ2v) is 6.76. The summed E-state index contributed by atoms with van der Waals surface area (Å²) in [6.07, 6.45) is -0.0496. The van der Waals surface area contributed by atoms with Gasteiger partial charge in [0.25, 0.3) is 0 Å². The van der Waals surface area contributed by atoms with Crippen LogP contribution >= 0.6 is 0 Å². The van der Waals surface area contributed by atoms with Gasteiger partial charge in [-0.05, 0) is 24.6 Å². The Kier molecular flexibility index (Phi) is 3.87. The van der Waals surface area contributed by atoms with Crippen LogP contribution in [0.2, 0.25) is 0 Å². The molecule has 0 spiro atoms. The van der Waals surface area contributed by atoms with Crippen LogP contribution in [0.5, 0.6) is 17.2 Å². The molecule has 4 rings (SSSR count). The van der Waals surface area contributed by atoms with E-state index in [0.717, 1.165) is 0 Å². The summed E-state index contributed by atoms with van der Waals surface area (Å²) < 4.78 is 5.18. The number of methoxy groups -OCH3 is 1. The molecule has 28 heavy (non-hydrogen) atoms. The molecule has 0 heterocycles. The zero-order valence-electron chi connectivity index (χ0n) is 15.1. The van der Waals surface area contributed by atoms with Crippen molar-refractivity contribution in [3.8, 4) is 17.2 Å². The lowest BCUT2D eigenvalue weighted by Crippen LogP contribution is -2.24. The molecule has 1 atom stereocenters. The highest BCUT2D eigenvalue weighted by Gasteiger charge is 2.41. The largest absolute Gasteiger partial charge is 0.507 e. The van der Waals surface area contributed by atoms with Gasteiger partial charge in [0.15, 0.2) is 11.6 Å². The standard InChI is InChI=1S/C21H16O7/c1-8(22)9-6-11-14(12(23)7-9)20(26)17-16(19(11)25)18(24)10-4-3-5-13(28-2)15(10)21(17)27/h3-6,12,23,25-26H,7H2,1-2H3/t12-/m0/s1. The minimum atomic E-state index is -1.31. The van der Waals surface area contributed by atoms with E-state index in [2.05, 4.69) is 0 Å². The van der Waals surface area contributed by atoms with Gasteiger partial charge in [0.05, 0.1) is 29.9 Å². The van der Waals surface area contributed by atoms with Gasteiger partial charge in [-0.1, -0.05) is 12.1 Å². The Bertz CT molecular complexity index is 1120. The Morgan fingerprint density at radius 2 is 1.75 bits per heavy atom. The number of aliphatic hydroxyl groups excluding tert-OH is 1. The van der Waals surface area contributed by atoms with Crippen LogP contribution in [-0.4, -0.2) is 39.8 Å². The highest BCUT2D eigenvalue weighted by Crippen LogP contribution is 2.49. The Morgan fingerprint density at radius 1 is 1.07 bits per heavy atom. The van der Waals surface area contributed by atoms with E-state index in [1.807, 2.05) is 0 Å². The quantitative estimate of drug-likeness (QED) is 0.583. The van der Waals surface area contributed by atoms with E-state index in [1.54, 1.807) is 6.07 Å². The van der Waals surface area contributed by atoms with Gasteiger partial charge in [0, 0.05) is 23.1 Å². The first kappa shape index (κ1) is 17.9. The molecule has 2 aliphatic carbocycles. The second kappa shape index (κ2) is 6.03. The molecular weight excluding hydrogens is 364 g/mol. The molecule has 3 N–H and O–H groups in total. The van der Waals surface area contributed by atoms with Gasteiger partial charge >= 0.3 is 0 Å². The van der Waals surface area contributed by atoms with Gasteiger partial charge in [-0.25, -0.2) is 0 Å². The van der Waals surface area contributed by atoms with Crippen LogP contribution in [0.1, 0.15) is 62.4 Å². The number of ketones is 3. The number of aromatic hydroxyl groups is 2. The fraction of sp³-hybridized carbons (Fsp3) is 0.190. The number of carbonyl (C=O) groups is 3. The van der Waals surface area contributed by atoms with Crippen molar-refractivity contribution in [3.05, 3.63) is 57.2 Å². The van der Waals surface area contributed by atoms with Crippen LogP contribution in [0.15, 0.2) is 23.8 Å². The minimum absolute atomic E-state index is 0.0117. The smallest absolute Gasteiger partial charge is 0.202 e. The summed E-state index contributed by atoms with van der Waals surface area (Å²) >= 11 is 0. The predicted octanol–water partition coefficient (Wildman–Crippen LogP) is 2.29. The van der Waals surface area contributed by atoms with E-state index in [9.17, 15) is 29.7 Å². The average Bonchev–Trinajstić information content (AvgIpc) is 2.67. The Balaban J connectivity index is 2.08. The van der Waals surface area contributed by atoms with Crippen LogP contribution in [-0.2, 0) is 4.79 Å². The molecule has 2 aromatic carbocycles. The fourth-order valence-electron chi connectivity index (χ4n) is 3.86. The van der Waals surface area contributed by atoms with Crippen molar-refractivity contribution in [2.45, 2.75) is 19.4 Å². The lowest BCUT2D eigenvalue weighted by atomic mass is 9.77. The van der Waals surface area contributed by atoms with E-state index >= 15 is 0 Å². The van der Waals surface area contributed by atoms with Crippen molar-refractivity contribution < 1.29 is 34.4 Å². The summed E-state index contributed by atoms with van der Waals surface area (Å²) in [5.74, 6) is -2.62. The van der Waals surface area contributed by atoms with Crippen LogP contribution in [0.3, 0.4) is 0 Å². The van der Waals surface area contributed by atoms with Crippen molar-refractivity contribution in [3.63, 3.8) is 0 Å². The van der Waals surface area contributed by atoms with Crippen LogP contribution < -0.4 is 4.74 Å². The Morgan fingerprint density at radius 3 is 2.39 bits per heavy atom. The van der Waals surface area contributed by atoms with Gasteiger partial charge < -0.3 is 20.1 Å². The maximum Gasteiger partial charge on any atom is 0.202 e. The highest BCUT2D eigenvalue weighted by molar-refractivity contribution is 6.31. The van der Waals surface area contributed by atoms with Crippen LogP contribution in [0.4, 0.5) is 0 Å². The molecule has 7 heteroatoms. The normalized spacial score (nSPS) is 17.4. The number of benzene rings is 2. The number of phenols is 2. The van der Waals surface area contributed by atoms with Gasteiger partial charge in [-0.3, -0.25) is 14.4 Å². The number of rotatable bonds is 2. The molecule has 0 fully saturated rings. The summed E-state index contributed by atoms with van der Waals surface area (Å²) in [5, 5.41) is 32.0. The Labute approximate surface area is 159 Å². The summed E-state index contributed by atoms with van der Waals surface area (Å²) in [7, 11) is 1.35. The van der Waals surface area contributed by atoms with Gasteiger partial charge in [0.1, 0.15) is 17.2 Å². The molecule has 0 bridgehead atoms. The van der Waals surface area contributed by atoms with Crippen molar-refractivity contribution in [2.75, 3.05) is 7.11 Å². The molecule has 0 unspecified atom stereocenters. The second-order valence-electron chi connectivity index (χ2n) is 6.76. The minimum Gasteiger partial charge on any atom is -0.507 e. The molecule has 0 aliphatic heterocycles.